The van der Waals surface area contributed by atoms with Crippen LogP contribution in [0, 0.1) is 0 Å². The van der Waals surface area contributed by atoms with Crippen molar-refractivity contribution in [3.63, 3.8) is 0 Å². The van der Waals surface area contributed by atoms with Gasteiger partial charge in [-0.25, -0.2) is 0 Å². The summed E-state index contributed by atoms with van der Waals surface area (Å²) >= 11 is 0. The number of aromatic nitrogens is 1. The fraction of sp³-hybridized carbons (Fsp3) is 0.391. The third kappa shape index (κ3) is 5.84. The summed E-state index contributed by atoms with van der Waals surface area (Å²) < 4.78 is 5.39. The Bertz CT molecular complexity index is 817. The molecule has 2 aromatic rings. The first kappa shape index (κ1) is 19.9. The number of nitrogens with one attached hydrogen (secondary N) is 2. The van der Waals surface area contributed by atoms with Crippen molar-refractivity contribution in [1.29, 1.82) is 0 Å². The number of pyridine rings is 1. The summed E-state index contributed by atoms with van der Waals surface area (Å²) in [6, 6.07) is 11.7. The average molecular weight is 380 g/mol. The maximum atomic E-state index is 12.4. The molecule has 1 aliphatic rings. The van der Waals surface area contributed by atoms with Crippen molar-refractivity contribution in [3.05, 3.63) is 65.5 Å². The Balaban J connectivity index is 1.47. The van der Waals surface area contributed by atoms with E-state index in [1.165, 1.54) is 31.3 Å². The van der Waals surface area contributed by atoms with Gasteiger partial charge < -0.3 is 15.4 Å². The number of amides is 1. The van der Waals surface area contributed by atoms with E-state index >= 15 is 0 Å². The van der Waals surface area contributed by atoms with Gasteiger partial charge in [0.1, 0.15) is 11.4 Å². The number of carbonyl (C=O) groups excluding carboxylic acids is 1. The van der Waals surface area contributed by atoms with E-state index in [4.69, 9.17) is 4.74 Å². The van der Waals surface area contributed by atoms with Crippen LogP contribution in [-0.2, 0) is 6.42 Å². The van der Waals surface area contributed by atoms with Gasteiger partial charge in [0.2, 0.25) is 0 Å². The third-order valence-electron chi connectivity index (χ3n) is 5.03. The molecule has 5 nitrogen and oxygen atoms in total. The van der Waals surface area contributed by atoms with Crippen LogP contribution < -0.4 is 15.4 Å². The first-order valence-corrected chi connectivity index (χ1v) is 10.0. The van der Waals surface area contributed by atoms with Crippen LogP contribution in [0.15, 0.2) is 54.2 Å². The van der Waals surface area contributed by atoms with Gasteiger partial charge in [-0.2, -0.15) is 0 Å². The van der Waals surface area contributed by atoms with Crippen molar-refractivity contribution in [2.24, 2.45) is 0 Å². The predicted octanol–water partition coefficient (Wildman–Crippen LogP) is 4.37. The minimum atomic E-state index is -0.121. The number of nitrogens with zero attached hydrogens (tertiary/aromatic N) is 1. The van der Waals surface area contributed by atoms with Crippen molar-refractivity contribution in [2.75, 3.05) is 25.5 Å². The Labute approximate surface area is 167 Å². The van der Waals surface area contributed by atoms with Crippen molar-refractivity contribution in [2.45, 2.75) is 38.5 Å². The average Bonchev–Trinajstić information content (AvgIpc) is 2.75. The van der Waals surface area contributed by atoms with E-state index in [0.29, 0.717) is 12.2 Å². The summed E-state index contributed by atoms with van der Waals surface area (Å²) in [5, 5.41) is 6.35. The Kier molecular flexibility index (Phi) is 7.47. The number of hydrogen-bond donors (Lipinski definition) is 2. The number of methoxy groups -OCH3 is 1. The number of allylic oxidation sites excluding steroid dienone is 1. The molecule has 148 valence electrons. The van der Waals surface area contributed by atoms with Crippen molar-refractivity contribution >= 4 is 11.6 Å². The van der Waals surface area contributed by atoms with E-state index in [2.05, 4.69) is 27.8 Å². The molecule has 0 unspecified atom stereocenters. The van der Waals surface area contributed by atoms with Crippen LogP contribution in [0.1, 0.15) is 48.2 Å². The molecule has 0 fully saturated rings. The first-order chi connectivity index (χ1) is 13.8. The fourth-order valence-corrected chi connectivity index (χ4v) is 3.47. The van der Waals surface area contributed by atoms with Crippen molar-refractivity contribution in [3.8, 4) is 5.75 Å². The molecule has 5 heteroatoms. The van der Waals surface area contributed by atoms with Gasteiger partial charge in [-0.05, 0) is 62.3 Å². The van der Waals surface area contributed by atoms with Crippen LogP contribution >= 0.6 is 0 Å². The molecule has 1 heterocycles. The predicted molar refractivity (Wildman–Crippen MR) is 113 cm³/mol. The van der Waals surface area contributed by atoms with Crippen molar-refractivity contribution < 1.29 is 9.53 Å². The Morgan fingerprint density at radius 1 is 1.14 bits per heavy atom. The van der Waals surface area contributed by atoms with Gasteiger partial charge in [-0.3, -0.25) is 9.78 Å². The maximum absolute atomic E-state index is 12.4. The second kappa shape index (κ2) is 10.5. The lowest BCUT2D eigenvalue weighted by atomic mass is 9.97. The standard InChI is InChI=1S/C23H29N3O2/c1-28-22-10-6-5-9-19(22)12-15-24-20-13-16-25-21(17-20)23(27)26-14-11-18-7-3-2-4-8-18/h5-7,9-10,13,16-17H,2-4,8,11-12,14-15H2,1H3,(H,24,25)(H,26,27). The summed E-state index contributed by atoms with van der Waals surface area (Å²) in [6.07, 6.45) is 10.7. The van der Waals surface area contributed by atoms with Gasteiger partial charge in [-0.1, -0.05) is 29.8 Å². The van der Waals surface area contributed by atoms with E-state index in [1.807, 2.05) is 24.3 Å². The molecule has 1 aromatic heterocycles. The molecule has 1 amide bonds. The van der Waals surface area contributed by atoms with E-state index in [0.717, 1.165) is 36.4 Å². The zero-order valence-corrected chi connectivity index (χ0v) is 16.5. The normalized spacial score (nSPS) is 13.5. The maximum Gasteiger partial charge on any atom is 0.269 e. The van der Waals surface area contributed by atoms with Gasteiger partial charge in [0, 0.05) is 25.0 Å². The highest BCUT2D eigenvalue weighted by atomic mass is 16.5. The summed E-state index contributed by atoms with van der Waals surface area (Å²) in [6.45, 7) is 1.41. The zero-order chi connectivity index (χ0) is 19.6. The smallest absolute Gasteiger partial charge is 0.269 e. The first-order valence-electron chi connectivity index (χ1n) is 10.0. The highest BCUT2D eigenvalue weighted by Gasteiger charge is 2.09. The summed E-state index contributed by atoms with van der Waals surface area (Å²) in [5.74, 6) is 0.775. The lowest BCUT2D eigenvalue weighted by Gasteiger charge is -2.13. The Hall–Kier alpha value is -2.82. The highest BCUT2D eigenvalue weighted by Crippen LogP contribution is 2.20. The topological polar surface area (TPSA) is 63.2 Å². The fourth-order valence-electron chi connectivity index (χ4n) is 3.47. The van der Waals surface area contributed by atoms with E-state index < -0.39 is 0 Å². The molecule has 0 radical (unpaired) electrons. The van der Waals surface area contributed by atoms with Crippen LogP contribution in [0.4, 0.5) is 5.69 Å². The molecular formula is C23H29N3O2. The van der Waals surface area contributed by atoms with Crippen LogP contribution in [0.3, 0.4) is 0 Å². The number of ether oxygens (including phenoxy) is 1. The van der Waals surface area contributed by atoms with Gasteiger partial charge in [-0.15, -0.1) is 0 Å². The molecule has 2 N–H and O–H groups in total. The van der Waals surface area contributed by atoms with Crippen LogP contribution in [0.2, 0.25) is 0 Å². The summed E-state index contributed by atoms with van der Waals surface area (Å²) in [7, 11) is 1.69. The van der Waals surface area contributed by atoms with Crippen LogP contribution in [0.5, 0.6) is 5.75 Å². The molecule has 1 aromatic carbocycles. The molecule has 3 rings (SSSR count). The quantitative estimate of drug-likeness (QED) is 0.635. The molecule has 0 spiro atoms. The highest BCUT2D eigenvalue weighted by molar-refractivity contribution is 5.93. The third-order valence-corrected chi connectivity index (χ3v) is 5.03. The minimum absolute atomic E-state index is 0.121. The monoisotopic (exact) mass is 379 g/mol. The van der Waals surface area contributed by atoms with E-state index in [-0.39, 0.29) is 5.91 Å². The van der Waals surface area contributed by atoms with Gasteiger partial charge in [0.05, 0.1) is 7.11 Å². The number of anilines is 1. The van der Waals surface area contributed by atoms with Crippen LogP contribution in [0.25, 0.3) is 0 Å². The van der Waals surface area contributed by atoms with Crippen LogP contribution in [-0.4, -0.2) is 31.1 Å². The molecule has 0 atom stereocenters. The van der Waals surface area contributed by atoms with Gasteiger partial charge in [0.15, 0.2) is 0 Å². The Morgan fingerprint density at radius 2 is 2.04 bits per heavy atom. The largest absolute Gasteiger partial charge is 0.496 e. The molecule has 28 heavy (non-hydrogen) atoms. The number of benzene rings is 1. The lowest BCUT2D eigenvalue weighted by molar-refractivity contribution is 0.0949. The molecule has 1 aliphatic carbocycles. The van der Waals surface area contributed by atoms with E-state index in [1.54, 1.807) is 19.4 Å². The number of para-hydroxylation sites is 1. The Morgan fingerprint density at radius 3 is 2.86 bits per heavy atom. The summed E-state index contributed by atoms with van der Waals surface area (Å²) in [4.78, 5) is 16.6. The lowest BCUT2D eigenvalue weighted by Crippen LogP contribution is -2.25. The van der Waals surface area contributed by atoms with Gasteiger partial charge in [0.25, 0.3) is 5.91 Å². The molecule has 0 bridgehead atoms. The molecule has 0 aliphatic heterocycles. The van der Waals surface area contributed by atoms with Gasteiger partial charge >= 0.3 is 0 Å². The number of carbonyl (C=O) groups is 1. The second-order valence-electron chi connectivity index (χ2n) is 7.03. The summed E-state index contributed by atoms with van der Waals surface area (Å²) in [5.41, 5.74) is 3.96. The van der Waals surface area contributed by atoms with Crippen molar-refractivity contribution in [1.82, 2.24) is 10.3 Å². The molecular weight excluding hydrogens is 350 g/mol. The SMILES string of the molecule is COc1ccccc1CCNc1ccnc(C(=O)NCCC2=CCCCC2)c1. The second-order valence-corrected chi connectivity index (χ2v) is 7.03. The zero-order valence-electron chi connectivity index (χ0n) is 16.5. The van der Waals surface area contributed by atoms with E-state index in [9.17, 15) is 4.79 Å². The minimum Gasteiger partial charge on any atom is -0.496 e. The molecule has 0 saturated carbocycles. The molecule has 0 saturated heterocycles. The number of rotatable bonds is 9. The number of hydrogen-bond acceptors (Lipinski definition) is 4.